The minimum atomic E-state index is -4.28. The van der Waals surface area contributed by atoms with Gasteiger partial charge in [0.05, 0.1) is 0 Å². The normalized spacial score (nSPS) is 16.5. The van der Waals surface area contributed by atoms with Crippen LogP contribution in [0.3, 0.4) is 0 Å². The Morgan fingerprint density at radius 1 is 1.06 bits per heavy atom. The minimum Gasteiger partial charge on any atom is -0.368 e. The minimum absolute atomic E-state index is 0.0935. The van der Waals surface area contributed by atoms with E-state index in [9.17, 15) is 31.2 Å². The van der Waals surface area contributed by atoms with Gasteiger partial charge in [-0.1, -0.05) is 12.1 Å². The molecule has 32 heavy (non-hydrogen) atoms. The molecule has 0 spiro atoms. The summed E-state index contributed by atoms with van der Waals surface area (Å²) in [7, 11) is -2.92. The van der Waals surface area contributed by atoms with Gasteiger partial charge < -0.3 is 10.6 Å². The van der Waals surface area contributed by atoms with E-state index in [0.717, 1.165) is 27.4 Å². The lowest BCUT2D eigenvalue weighted by Gasteiger charge is -2.34. The van der Waals surface area contributed by atoms with Gasteiger partial charge in [-0.3, -0.25) is 9.59 Å². The summed E-state index contributed by atoms with van der Waals surface area (Å²) in [6.07, 6.45) is 0.210. The number of likely N-dealkylation sites (N-methyl/N-ethyl adjacent to an activating group) is 1. The molecule has 1 atom stereocenters. The summed E-state index contributed by atoms with van der Waals surface area (Å²) in [5.74, 6) is -4.45. The van der Waals surface area contributed by atoms with Crippen molar-refractivity contribution in [3.63, 3.8) is 0 Å². The molecule has 2 aromatic carbocycles. The molecule has 1 fully saturated rings. The molecule has 3 rings (SSSR count). The van der Waals surface area contributed by atoms with Crippen molar-refractivity contribution in [3.8, 4) is 0 Å². The number of sulfonamides is 1. The predicted molar refractivity (Wildman–Crippen MR) is 109 cm³/mol. The number of amides is 2. The van der Waals surface area contributed by atoms with E-state index in [1.807, 2.05) is 0 Å². The number of hydrogen-bond acceptors (Lipinski definition) is 4. The maximum absolute atomic E-state index is 14.0. The zero-order valence-electron chi connectivity index (χ0n) is 17.2. The first-order chi connectivity index (χ1) is 15.0. The third-order valence-corrected chi connectivity index (χ3v) is 7.40. The molecule has 1 heterocycles. The van der Waals surface area contributed by atoms with E-state index in [2.05, 4.69) is 0 Å². The highest BCUT2D eigenvalue weighted by Gasteiger charge is 2.37. The fourth-order valence-corrected chi connectivity index (χ4v) is 5.37. The largest absolute Gasteiger partial charge is 0.368 e. The SMILES string of the molecule is CN(C(=O)C1CCN(S(=O)(=O)c2cc(F)ccc2F)CC1)C(C(N)=O)c1cccc(F)c1. The van der Waals surface area contributed by atoms with Crippen LogP contribution in [0.1, 0.15) is 24.4 Å². The molecule has 0 radical (unpaired) electrons. The Morgan fingerprint density at radius 2 is 1.69 bits per heavy atom. The first-order valence-corrected chi connectivity index (χ1v) is 11.2. The second kappa shape index (κ2) is 9.29. The van der Waals surface area contributed by atoms with Crippen LogP contribution in [0, 0.1) is 23.4 Å². The highest BCUT2D eigenvalue weighted by molar-refractivity contribution is 7.89. The van der Waals surface area contributed by atoms with E-state index in [0.29, 0.717) is 6.07 Å². The maximum atomic E-state index is 14.0. The van der Waals surface area contributed by atoms with Gasteiger partial charge in [-0.05, 0) is 48.7 Å². The molecule has 172 valence electrons. The fourth-order valence-electron chi connectivity index (χ4n) is 3.83. The third-order valence-electron chi connectivity index (χ3n) is 5.48. The van der Waals surface area contributed by atoms with Gasteiger partial charge in [-0.25, -0.2) is 21.6 Å². The van der Waals surface area contributed by atoms with E-state index in [1.165, 1.54) is 25.2 Å². The van der Waals surface area contributed by atoms with Gasteiger partial charge in [0.25, 0.3) is 0 Å². The Bertz CT molecular complexity index is 1130. The standard InChI is InChI=1S/C21H22F3N3O4S/c1-26(19(20(25)28)14-3-2-4-15(22)11-14)21(29)13-7-9-27(10-8-13)32(30,31)18-12-16(23)5-6-17(18)24/h2-6,11-13,19H,7-10H2,1H3,(H2,25,28). The number of piperidine rings is 1. The van der Waals surface area contributed by atoms with Crippen LogP contribution in [0.4, 0.5) is 13.2 Å². The number of carbonyl (C=O) groups excluding carboxylic acids is 2. The van der Waals surface area contributed by atoms with Crippen molar-refractivity contribution in [2.75, 3.05) is 20.1 Å². The molecule has 1 unspecified atom stereocenters. The molecule has 1 aliphatic heterocycles. The summed E-state index contributed by atoms with van der Waals surface area (Å²) < 4.78 is 67.4. The van der Waals surface area contributed by atoms with Crippen LogP contribution in [0.25, 0.3) is 0 Å². The van der Waals surface area contributed by atoms with Crippen molar-refractivity contribution in [2.45, 2.75) is 23.8 Å². The van der Waals surface area contributed by atoms with Gasteiger partial charge in [0, 0.05) is 26.1 Å². The summed E-state index contributed by atoms with van der Waals surface area (Å²) in [5.41, 5.74) is 5.67. The number of nitrogens with zero attached hydrogens (tertiary/aromatic N) is 2. The van der Waals surface area contributed by atoms with Gasteiger partial charge in [0.15, 0.2) is 0 Å². The molecule has 0 aliphatic carbocycles. The summed E-state index contributed by atoms with van der Waals surface area (Å²) in [4.78, 5) is 25.3. The number of rotatable bonds is 6. The monoisotopic (exact) mass is 469 g/mol. The number of benzene rings is 2. The molecule has 1 aliphatic rings. The van der Waals surface area contributed by atoms with E-state index in [4.69, 9.17) is 5.73 Å². The Hall–Kier alpha value is -2.92. The lowest BCUT2D eigenvalue weighted by Crippen LogP contribution is -2.46. The quantitative estimate of drug-likeness (QED) is 0.701. The molecule has 11 heteroatoms. The van der Waals surface area contributed by atoms with Crippen molar-refractivity contribution < 1.29 is 31.2 Å². The van der Waals surface area contributed by atoms with Crippen molar-refractivity contribution in [3.05, 3.63) is 65.5 Å². The molecule has 2 aromatic rings. The third kappa shape index (κ3) is 4.78. The van der Waals surface area contributed by atoms with Crippen LogP contribution in [0.15, 0.2) is 47.4 Å². The fraction of sp³-hybridized carbons (Fsp3) is 0.333. The van der Waals surface area contributed by atoms with E-state index in [-0.39, 0.29) is 31.5 Å². The molecule has 0 bridgehead atoms. The van der Waals surface area contributed by atoms with Crippen LogP contribution in [-0.2, 0) is 19.6 Å². The first kappa shape index (κ1) is 23.7. The van der Waals surface area contributed by atoms with Gasteiger partial charge in [0.1, 0.15) is 28.4 Å². The predicted octanol–water partition coefficient (Wildman–Crippen LogP) is 2.19. The van der Waals surface area contributed by atoms with E-state index < -0.39 is 56.1 Å². The Kier molecular flexibility index (Phi) is 6.89. The van der Waals surface area contributed by atoms with Crippen molar-refractivity contribution in [1.29, 1.82) is 0 Å². The highest BCUT2D eigenvalue weighted by Crippen LogP contribution is 2.29. The van der Waals surface area contributed by atoms with Crippen LogP contribution in [0.5, 0.6) is 0 Å². The molecule has 2 N–H and O–H groups in total. The average molecular weight is 469 g/mol. The zero-order valence-corrected chi connectivity index (χ0v) is 18.0. The number of carbonyl (C=O) groups is 2. The topological polar surface area (TPSA) is 101 Å². The maximum Gasteiger partial charge on any atom is 0.246 e. The highest BCUT2D eigenvalue weighted by atomic mass is 32.2. The van der Waals surface area contributed by atoms with Gasteiger partial charge in [-0.2, -0.15) is 4.31 Å². The smallest absolute Gasteiger partial charge is 0.246 e. The van der Waals surface area contributed by atoms with Gasteiger partial charge in [0.2, 0.25) is 21.8 Å². The Morgan fingerprint density at radius 3 is 2.28 bits per heavy atom. The number of hydrogen-bond donors (Lipinski definition) is 1. The van der Waals surface area contributed by atoms with Crippen LogP contribution in [0.2, 0.25) is 0 Å². The Balaban J connectivity index is 1.73. The Labute approximate surface area is 183 Å². The van der Waals surface area contributed by atoms with E-state index in [1.54, 1.807) is 0 Å². The van der Waals surface area contributed by atoms with Crippen LogP contribution < -0.4 is 5.73 Å². The van der Waals surface area contributed by atoms with Crippen LogP contribution in [-0.4, -0.2) is 49.6 Å². The molecule has 2 amide bonds. The van der Waals surface area contributed by atoms with E-state index >= 15 is 0 Å². The van der Waals surface area contributed by atoms with Crippen molar-refractivity contribution in [1.82, 2.24) is 9.21 Å². The first-order valence-electron chi connectivity index (χ1n) is 9.79. The zero-order chi connectivity index (χ0) is 23.6. The number of halogens is 3. The molecular weight excluding hydrogens is 447 g/mol. The number of nitrogens with two attached hydrogens (primary N) is 1. The molecule has 0 saturated carbocycles. The molecule has 1 saturated heterocycles. The van der Waals surface area contributed by atoms with Crippen molar-refractivity contribution >= 4 is 21.8 Å². The lowest BCUT2D eigenvalue weighted by molar-refractivity contribution is -0.142. The summed E-state index contributed by atoms with van der Waals surface area (Å²) in [5, 5.41) is 0. The van der Waals surface area contributed by atoms with Gasteiger partial charge >= 0.3 is 0 Å². The number of primary amides is 1. The average Bonchev–Trinajstić information content (AvgIpc) is 2.74. The molecule has 0 aromatic heterocycles. The lowest BCUT2D eigenvalue weighted by atomic mass is 9.95. The van der Waals surface area contributed by atoms with Crippen molar-refractivity contribution in [2.24, 2.45) is 11.7 Å². The summed E-state index contributed by atoms with van der Waals surface area (Å²) in [6.45, 7) is -0.187. The molecule has 7 nitrogen and oxygen atoms in total. The summed E-state index contributed by atoms with van der Waals surface area (Å²) in [6, 6.07) is 6.17. The second-order valence-corrected chi connectivity index (χ2v) is 9.47. The van der Waals surface area contributed by atoms with Gasteiger partial charge in [-0.15, -0.1) is 0 Å². The summed E-state index contributed by atoms with van der Waals surface area (Å²) >= 11 is 0. The second-order valence-electron chi connectivity index (χ2n) is 7.56. The molecular formula is C21H22F3N3O4S. The van der Waals surface area contributed by atoms with Crippen LogP contribution >= 0.6 is 0 Å².